The quantitative estimate of drug-likeness (QED) is 0.505. The minimum absolute atomic E-state index is 0.0585. The van der Waals surface area contributed by atoms with E-state index in [1.807, 2.05) is 0 Å². The molecule has 14 heavy (non-hydrogen) atoms. The third kappa shape index (κ3) is 2.11. The maximum atomic E-state index is 6.40. The van der Waals surface area contributed by atoms with Gasteiger partial charge in [0.15, 0.2) is 8.32 Å². The molecule has 0 amide bonds. The van der Waals surface area contributed by atoms with Crippen molar-refractivity contribution in [1.82, 2.24) is 0 Å². The molecule has 0 N–H and O–H groups in total. The second-order valence-electron chi connectivity index (χ2n) is 6.14. The zero-order chi connectivity index (χ0) is 11.2. The van der Waals surface area contributed by atoms with E-state index < -0.39 is 8.32 Å². The highest BCUT2D eigenvalue weighted by atomic mass is 28.4. The Labute approximate surface area is 89.7 Å². The molecule has 1 fully saturated rings. The van der Waals surface area contributed by atoms with Gasteiger partial charge >= 0.3 is 0 Å². The largest absolute Gasteiger partial charge is 0.408 e. The van der Waals surface area contributed by atoms with Crippen molar-refractivity contribution in [3.63, 3.8) is 0 Å². The molecule has 0 heterocycles. The summed E-state index contributed by atoms with van der Waals surface area (Å²) in [5.74, 6) is 0. The lowest BCUT2D eigenvalue weighted by Gasteiger charge is -2.39. The van der Waals surface area contributed by atoms with Crippen molar-refractivity contribution in [2.45, 2.75) is 64.3 Å². The molecule has 0 aromatic carbocycles. The molecular formula is C12H24OSi. The Morgan fingerprint density at radius 1 is 1.29 bits per heavy atom. The van der Waals surface area contributed by atoms with E-state index in [1.165, 1.54) is 18.4 Å². The molecule has 82 valence electrons. The summed E-state index contributed by atoms with van der Waals surface area (Å²) in [7, 11) is -1.60. The topological polar surface area (TPSA) is 9.23 Å². The lowest BCUT2D eigenvalue weighted by Crippen LogP contribution is -2.45. The first kappa shape index (κ1) is 12.0. The van der Waals surface area contributed by atoms with Crippen LogP contribution < -0.4 is 0 Å². The van der Waals surface area contributed by atoms with Crippen LogP contribution in [0, 0.1) is 0 Å². The van der Waals surface area contributed by atoms with E-state index in [1.54, 1.807) is 0 Å². The van der Waals surface area contributed by atoms with Crippen LogP contribution in [0.1, 0.15) is 40.5 Å². The van der Waals surface area contributed by atoms with Gasteiger partial charge in [0.25, 0.3) is 0 Å². The van der Waals surface area contributed by atoms with Crippen molar-refractivity contribution in [2.24, 2.45) is 0 Å². The molecule has 1 nitrogen and oxygen atoms in total. The molecule has 2 heteroatoms. The molecule has 0 aromatic heterocycles. The molecule has 0 radical (unpaired) electrons. The van der Waals surface area contributed by atoms with E-state index in [0.717, 1.165) is 0 Å². The van der Waals surface area contributed by atoms with Crippen LogP contribution in [0.2, 0.25) is 18.1 Å². The van der Waals surface area contributed by atoms with Crippen LogP contribution in [0.3, 0.4) is 0 Å². The van der Waals surface area contributed by atoms with Gasteiger partial charge in [-0.1, -0.05) is 32.9 Å². The molecule has 0 aromatic rings. The van der Waals surface area contributed by atoms with Gasteiger partial charge in [-0.3, -0.25) is 0 Å². The molecule has 1 saturated carbocycles. The molecule has 0 aliphatic heterocycles. The Bertz CT molecular complexity index is 244. The minimum atomic E-state index is -1.60. The molecule has 0 unspecified atom stereocenters. The van der Waals surface area contributed by atoms with Gasteiger partial charge in [0.2, 0.25) is 0 Å². The van der Waals surface area contributed by atoms with E-state index in [9.17, 15) is 0 Å². The fraction of sp³-hybridized carbons (Fsp3) is 0.833. The van der Waals surface area contributed by atoms with Crippen LogP contribution in [-0.4, -0.2) is 13.9 Å². The average molecular weight is 212 g/mol. The van der Waals surface area contributed by atoms with Gasteiger partial charge in [-0.2, -0.15) is 0 Å². The zero-order valence-corrected chi connectivity index (χ0v) is 11.5. The monoisotopic (exact) mass is 212 g/mol. The van der Waals surface area contributed by atoms with Gasteiger partial charge in [-0.15, -0.1) is 0 Å². The SMILES string of the molecule is C=C(C)C1(O[Si](C)(C)C(C)(C)C)CC1. The maximum absolute atomic E-state index is 6.40. The van der Waals surface area contributed by atoms with Crippen molar-refractivity contribution in [3.05, 3.63) is 12.2 Å². The Hall–Kier alpha value is -0.0831. The van der Waals surface area contributed by atoms with E-state index in [2.05, 4.69) is 47.4 Å². The van der Waals surface area contributed by atoms with Gasteiger partial charge in [-0.25, -0.2) is 0 Å². The molecule has 1 aliphatic carbocycles. The minimum Gasteiger partial charge on any atom is -0.408 e. The highest BCUT2D eigenvalue weighted by Gasteiger charge is 2.51. The Morgan fingerprint density at radius 3 is 1.93 bits per heavy atom. The van der Waals surface area contributed by atoms with Crippen LogP contribution in [0.25, 0.3) is 0 Å². The standard InChI is InChI=1S/C12H24OSi/c1-10(2)12(8-9-12)13-14(6,7)11(3,4)5/h1,8-9H2,2-7H3. The number of hydrogen-bond donors (Lipinski definition) is 0. The lowest BCUT2D eigenvalue weighted by atomic mass is 10.2. The van der Waals surface area contributed by atoms with Gasteiger partial charge in [0.05, 0.1) is 5.60 Å². The summed E-state index contributed by atoms with van der Waals surface area (Å²) in [6.45, 7) is 17.6. The fourth-order valence-corrected chi connectivity index (χ4v) is 3.03. The molecule has 0 bridgehead atoms. The summed E-state index contributed by atoms with van der Waals surface area (Å²) in [5, 5.41) is 0.304. The van der Waals surface area contributed by atoms with E-state index in [4.69, 9.17) is 4.43 Å². The molecule has 0 atom stereocenters. The number of rotatable bonds is 3. The summed E-state index contributed by atoms with van der Waals surface area (Å²) in [6.07, 6.45) is 2.35. The first-order valence-corrected chi connectivity index (χ1v) is 8.38. The predicted octanol–water partition coefficient (Wildman–Crippen LogP) is 4.12. The van der Waals surface area contributed by atoms with Gasteiger partial charge in [0, 0.05) is 0 Å². The van der Waals surface area contributed by atoms with Crippen LogP contribution in [0.15, 0.2) is 12.2 Å². The van der Waals surface area contributed by atoms with Crippen molar-refractivity contribution in [3.8, 4) is 0 Å². The third-order valence-corrected chi connectivity index (χ3v) is 8.25. The Morgan fingerprint density at radius 2 is 1.71 bits per heavy atom. The first-order chi connectivity index (χ1) is 6.11. The first-order valence-electron chi connectivity index (χ1n) is 5.47. The highest BCUT2D eigenvalue weighted by molar-refractivity contribution is 6.74. The molecule has 0 spiro atoms. The number of hydrogen-bond acceptors (Lipinski definition) is 1. The molecule has 1 rings (SSSR count). The van der Waals surface area contributed by atoms with Crippen LogP contribution in [0.5, 0.6) is 0 Å². The normalized spacial score (nSPS) is 20.7. The van der Waals surface area contributed by atoms with Crippen LogP contribution >= 0.6 is 0 Å². The summed E-state index contributed by atoms with van der Waals surface area (Å²) in [5.41, 5.74) is 1.27. The van der Waals surface area contributed by atoms with Crippen LogP contribution in [0.4, 0.5) is 0 Å². The fourth-order valence-electron chi connectivity index (χ4n) is 1.37. The van der Waals surface area contributed by atoms with Crippen molar-refractivity contribution in [1.29, 1.82) is 0 Å². The molecular weight excluding hydrogens is 188 g/mol. The second kappa shape index (κ2) is 3.21. The van der Waals surface area contributed by atoms with E-state index in [-0.39, 0.29) is 5.60 Å². The summed E-state index contributed by atoms with van der Waals surface area (Å²) < 4.78 is 6.40. The van der Waals surface area contributed by atoms with Crippen molar-refractivity contribution < 1.29 is 4.43 Å². The van der Waals surface area contributed by atoms with Crippen LogP contribution in [-0.2, 0) is 4.43 Å². The summed E-state index contributed by atoms with van der Waals surface area (Å²) >= 11 is 0. The second-order valence-corrected chi connectivity index (χ2v) is 10.9. The Balaban J connectivity index is 2.74. The average Bonchev–Trinajstić information content (AvgIpc) is 2.65. The predicted molar refractivity (Wildman–Crippen MR) is 65.1 cm³/mol. The summed E-state index contributed by atoms with van der Waals surface area (Å²) in [6, 6.07) is 0. The maximum Gasteiger partial charge on any atom is 0.193 e. The molecule has 1 aliphatic rings. The Kier molecular flexibility index (Phi) is 2.75. The highest BCUT2D eigenvalue weighted by Crippen LogP contribution is 2.50. The third-order valence-electron chi connectivity index (χ3n) is 3.74. The van der Waals surface area contributed by atoms with E-state index in [0.29, 0.717) is 5.04 Å². The van der Waals surface area contributed by atoms with E-state index >= 15 is 0 Å². The zero-order valence-electron chi connectivity index (χ0n) is 10.5. The smallest absolute Gasteiger partial charge is 0.193 e. The molecule has 0 saturated heterocycles. The van der Waals surface area contributed by atoms with Gasteiger partial charge in [0.1, 0.15) is 0 Å². The summed E-state index contributed by atoms with van der Waals surface area (Å²) in [4.78, 5) is 0. The lowest BCUT2D eigenvalue weighted by molar-refractivity contribution is 0.194. The van der Waals surface area contributed by atoms with Gasteiger partial charge < -0.3 is 4.43 Å². The van der Waals surface area contributed by atoms with Gasteiger partial charge in [-0.05, 0) is 37.9 Å². The van der Waals surface area contributed by atoms with Crippen molar-refractivity contribution >= 4 is 8.32 Å². The van der Waals surface area contributed by atoms with Crippen molar-refractivity contribution in [2.75, 3.05) is 0 Å².